The van der Waals surface area contributed by atoms with Gasteiger partial charge in [-0.1, -0.05) is 17.7 Å². The van der Waals surface area contributed by atoms with E-state index in [-0.39, 0.29) is 22.9 Å². The van der Waals surface area contributed by atoms with Gasteiger partial charge in [0.15, 0.2) is 0 Å². The summed E-state index contributed by atoms with van der Waals surface area (Å²) in [5.74, 6) is -0.00774. The van der Waals surface area contributed by atoms with Crippen LogP contribution in [-0.4, -0.2) is 44.4 Å². The van der Waals surface area contributed by atoms with E-state index in [4.69, 9.17) is 0 Å². The number of nitrogens with one attached hydrogen (secondary N) is 2. The van der Waals surface area contributed by atoms with E-state index in [1.54, 1.807) is 24.3 Å². The molecule has 0 spiro atoms. The van der Waals surface area contributed by atoms with Crippen molar-refractivity contribution in [1.29, 1.82) is 0 Å². The summed E-state index contributed by atoms with van der Waals surface area (Å²) in [5, 5.41) is 3.39. The Kier molecular flexibility index (Phi) is 5.12. The molecule has 2 unspecified atom stereocenters. The van der Waals surface area contributed by atoms with E-state index in [2.05, 4.69) is 10.0 Å². The van der Waals surface area contributed by atoms with Gasteiger partial charge in [-0.05, 0) is 69.1 Å². The smallest absolute Gasteiger partial charge is 0.261 e. The van der Waals surface area contributed by atoms with Gasteiger partial charge >= 0.3 is 0 Å². The third kappa shape index (κ3) is 3.77. The molecule has 0 radical (unpaired) electrons. The van der Waals surface area contributed by atoms with Crippen LogP contribution in [0.2, 0.25) is 0 Å². The molecular weight excluding hydrogens is 374 g/mol. The van der Waals surface area contributed by atoms with Gasteiger partial charge < -0.3 is 10.2 Å². The van der Waals surface area contributed by atoms with Crippen LogP contribution < -0.4 is 10.0 Å². The van der Waals surface area contributed by atoms with E-state index in [1.807, 2.05) is 24.0 Å². The first-order valence-corrected chi connectivity index (χ1v) is 11.2. The van der Waals surface area contributed by atoms with Gasteiger partial charge in [-0.25, -0.2) is 8.42 Å². The number of aryl methyl sites for hydroxylation is 1. The fourth-order valence-corrected chi connectivity index (χ4v) is 5.13. The van der Waals surface area contributed by atoms with Crippen LogP contribution in [0.4, 0.5) is 5.69 Å². The topological polar surface area (TPSA) is 78.5 Å². The summed E-state index contributed by atoms with van der Waals surface area (Å²) in [4.78, 5) is 15.2. The fourth-order valence-electron chi connectivity index (χ4n) is 4.08. The van der Waals surface area contributed by atoms with Crippen molar-refractivity contribution in [1.82, 2.24) is 10.2 Å². The molecule has 148 valence electrons. The summed E-state index contributed by atoms with van der Waals surface area (Å²) in [5.41, 5.74) is 2.11. The Bertz CT molecular complexity index is 941. The number of sulfonamides is 1. The molecule has 0 aliphatic carbocycles. The highest BCUT2D eigenvalue weighted by Gasteiger charge is 2.38. The van der Waals surface area contributed by atoms with Crippen molar-refractivity contribution in [3.63, 3.8) is 0 Å². The van der Waals surface area contributed by atoms with Gasteiger partial charge in [0.1, 0.15) is 0 Å². The quantitative estimate of drug-likeness (QED) is 0.829. The SMILES string of the molecule is Cc1ccc(NS(=O)(=O)c2ccc(C(=O)N3C4CCNCC3CC4)cc2)cc1. The van der Waals surface area contributed by atoms with Crippen molar-refractivity contribution in [2.24, 2.45) is 0 Å². The van der Waals surface area contributed by atoms with Gasteiger partial charge in [0.2, 0.25) is 0 Å². The van der Waals surface area contributed by atoms with Crippen LogP contribution in [0.3, 0.4) is 0 Å². The highest BCUT2D eigenvalue weighted by molar-refractivity contribution is 7.92. The Morgan fingerprint density at radius 1 is 1.00 bits per heavy atom. The lowest BCUT2D eigenvalue weighted by atomic mass is 10.1. The van der Waals surface area contributed by atoms with Gasteiger partial charge in [0, 0.05) is 29.9 Å². The van der Waals surface area contributed by atoms with Crippen LogP contribution in [0.15, 0.2) is 53.4 Å². The zero-order valence-corrected chi connectivity index (χ0v) is 16.7. The second kappa shape index (κ2) is 7.56. The Morgan fingerprint density at radius 2 is 1.68 bits per heavy atom. The van der Waals surface area contributed by atoms with Gasteiger partial charge in [0.05, 0.1) is 4.90 Å². The van der Waals surface area contributed by atoms with Crippen molar-refractivity contribution in [2.75, 3.05) is 17.8 Å². The molecular formula is C21H25N3O3S. The molecule has 2 N–H and O–H groups in total. The molecule has 0 saturated carbocycles. The second-order valence-electron chi connectivity index (χ2n) is 7.59. The zero-order chi connectivity index (χ0) is 19.7. The molecule has 2 saturated heterocycles. The predicted molar refractivity (Wildman–Crippen MR) is 109 cm³/mol. The molecule has 2 aliphatic heterocycles. The first kappa shape index (κ1) is 19.0. The Labute approximate surface area is 166 Å². The monoisotopic (exact) mass is 399 g/mol. The maximum Gasteiger partial charge on any atom is 0.261 e. The molecule has 1 amide bonds. The summed E-state index contributed by atoms with van der Waals surface area (Å²) in [6.45, 7) is 3.71. The molecule has 2 fully saturated rings. The van der Waals surface area contributed by atoms with Crippen LogP contribution in [0.1, 0.15) is 35.2 Å². The number of benzene rings is 2. The highest BCUT2D eigenvalue weighted by atomic mass is 32.2. The molecule has 28 heavy (non-hydrogen) atoms. The number of hydrogen-bond acceptors (Lipinski definition) is 4. The van der Waals surface area contributed by atoms with E-state index in [1.165, 1.54) is 12.1 Å². The normalized spacial score (nSPS) is 22.0. The van der Waals surface area contributed by atoms with Crippen LogP contribution >= 0.6 is 0 Å². The van der Waals surface area contributed by atoms with E-state index < -0.39 is 10.0 Å². The average Bonchev–Trinajstić information content (AvgIpc) is 2.95. The van der Waals surface area contributed by atoms with E-state index in [0.29, 0.717) is 11.3 Å². The molecule has 2 bridgehead atoms. The lowest BCUT2D eigenvalue weighted by Gasteiger charge is -2.28. The first-order valence-electron chi connectivity index (χ1n) is 9.67. The highest BCUT2D eigenvalue weighted by Crippen LogP contribution is 2.30. The summed E-state index contributed by atoms with van der Waals surface area (Å²) < 4.78 is 27.8. The molecule has 7 heteroatoms. The lowest BCUT2D eigenvalue weighted by molar-refractivity contribution is 0.0680. The van der Waals surface area contributed by atoms with Crippen molar-refractivity contribution >= 4 is 21.6 Å². The largest absolute Gasteiger partial charge is 0.331 e. The third-order valence-corrected chi connectivity index (χ3v) is 7.00. The number of nitrogens with zero attached hydrogens (tertiary/aromatic N) is 1. The lowest BCUT2D eigenvalue weighted by Crippen LogP contribution is -2.42. The standard InChI is InChI=1S/C21H25N3O3S/c1-15-2-6-17(7-3-15)23-28(26,27)20-10-4-16(5-11-20)21(25)24-18-8-9-19(24)14-22-13-12-18/h2-7,10-11,18-19,22-23H,8-9,12-14H2,1H3. The second-order valence-corrected chi connectivity index (χ2v) is 9.27. The minimum Gasteiger partial charge on any atom is -0.331 e. The molecule has 0 aromatic heterocycles. The summed E-state index contributed by atoms with van der Waals surface area (Å²) in [6, 6.07) is 13.9. The third-order valence-electron chi connectivity index (χ3n) is 5.60. The average molecular weight is 400 g/mol. The van der Waals surface area contributed by atoms with Gasteiger partial charge in [-0.15, -0.1) is 0 Å². The minimum atomic E-state index is -3.69. The Balaban J connectivity index is 1.51. The maximum atomic E-state index is 13.0. The first-order chi connectivity index (χ1) is 13.4. The summed E-state index contributed by atoms with van der Waals surface area (Å²) >= 11 is 0. The number of anilines is 1. The summed E-state index contributed by atoms with van der Waals surface area (Å²) in [7, 11) is -3.69. The molecule has 2 aromatic rings. The molecule has 4 rings (SSSR count). The van der Waals surface area contributed by atoms with Crippen LogP contribution in [0, 0.1) is 6.92 Å². The van der Waals surface area contributed by atoms with Crippen molar-refractivity contribution < 1.29 is 13.2 Å². The maximum absolute atomic E-state index is 13.0. The van der Waals surface area contributed by atoms with Crippen LogP contribution in [0.25, 0.3) is 0 Å². The molecule has 2 atom stereocenters. The van der Waals surface area contributed by atoms with Crippen LogP contribution in [-0.2, 0) is 10.0 Å². The Morgan fingerprint density at radius 3 is 2.39 bits per heavy atom. The van der Waals surface area contributed by atoms with Gasteiger partial charge in [0.25, 0.3) is 15.9 Å². The summed E-state index contributed by atoms with van der Waals surface area (Å²) in [6.07, 6.45) is 3.04. The number of hydrogen-bond donors (Lipinski definition) is 2. The zero-order valence-electron chi connectivity index (χ0n) is 15.9. The number of carbonyl (C=O) groups is 1. The number of amides is 1. The molecule has 6 nitrogen and oxygen atoms in total. The molecule has 2 aliphatic rings. The minimum absolute atomic E-state index is 0.00774. The van der Waals surface area contributed by atoms with Crippen molar-refractivity contribution in [3.05, 3.63) is 59.7 Å². The molecule has 2 heterocycles. The van der Waals surface area contributed by atoms with E-state index in [9.17, 15) is 13.2 Å². The van der Waals surface area contributed by atoms with Crippen molar-refractivity contribution in [3.8, 4) is 0 Å². The van der Waals surface area contributed by atoms with Crippen molar-refractivity contribution in [2.45, 2.75) is 43.2 Å². The molecule has 2 aromatic carbocycles. The van der Waals surface area contributed by atoms with E-state index >= 15 is 0 Å². The number of rotatable bonds is 4. The number of carbonyl (C=O) groups excluding carboxylic acids is 1. The van der Waals surface area contributed by atoms with E-state index in [0.717, 1.165) is 37.9 Å². The Hall–Kier alpha value is -2.38. The van der Waals surface area contributed by atoms with Gasteiger partial charge in [-0.3, -0.25) is 9.52 Å². The predicted octanol–water partition coefficient (Wildman–Crippen LogP) is 2.76. The number of fused-ring (bicyclic) bond motifs is 2. The van der Waals surface area contributed by atoms with Gasteiger partial charge in [-0.2, -0.15) is 0 Å². The fraction of sp³-hybridized carbons (Fsp3) is 0.381. The van der Waals surface area contributed by atoms with Crippen LogP contribution in [0.5, 0.6) is 0 Å².